The largest absolute Gasteiger partial charge is 0.461 e. The minimum Gasteiger partial charge on any atom is -0.461 e. The van der Waals surface area contributed by atoms with Crippen molar-refractivity contribution in [3.63, 3.8) is 0 Å². The molecule has 8 nitrogen and oxygen atoms in total. The van der Waals surface area contributed by atoms with E-state index in [1.807, 2.05) is 24.3 Å². The van der Waals surface area contributed by atoms with Crippen molar-refractivity contribution in [3.8, 4) is 0 Å². The molecule has 0 fully saturated rings. The van der Waals surface area contributed by atoms with E-state index in [-0.39, 0.29) is 18.0 Å². The van der Waals surface area contributed by atoms with Crippen LogP contribution in [0.15, 0.2) is 42.7 Å². The number of nitrogens with zero attached hydrogens (tertiary/aromatic N) is 4. The highest BCUT2D eigenvalue weighted by molar-refractivity contribution is 6.30. The quantitative estimate of drug-likeness (QED) is 0.657. The van der Waals surface area contributed by atoms with Crippen LogP contribution in [-0.4, -0.2) is 38.0 Å². The van der Waals surface area contributed by atoms with Gasteiger partial charge in [0.05, 0.1) is 25.0 Å². The van der Waals surface area contributed by atoms with Crippen molar-refractivity contribution in [3.05, 3.63) is 64.7 Å². The molecular weight excluding hydrogens is 370 g/mol. The number of carbonyl (C=O) groups excluding carboxylic acids is 2. The van der Waals surface area contributed by atoms with Crippen molar-refractivity contribution < 1.29 is 14.3 Å². The Balaban J connectivity index is 1.66. The predicted octanol–water partition coefficient (Wildman–Crippen LogP) is 2.75. The summed E-state index contributed by atoms with van der Waals surface area (Å²) in [6.45, 7) is 2.51. The number of hydrogen-bond acceptors (Lipinski definition) is 5. The van der Waals surface area contributed by atoms with Crippen LogP contribution in [-0.2, 0) is 18.3 Å². The second-order valence-electron chi connectivity index (χ2n) is 5.77. The van der Waals surface area contributed by atoms with E-state index in [2.05, 4.69) is 15.5 Å². The number of halogens is 1. The fourth-order valence-corrected chi connectivity index (χ4v) is 2.59. The van der Waals surface area contributed by atoms with Crippen molar-refractivity contribution in [1.29, 1.82) is 0 Å². The van der Waals surface area contributed by atoms with E-state index >= 15 is 0 Å². The Morgan fingerprint density at radius 1 is 1.26 bits per heavy atom. The summed E-state index contributed by atoms with van der Waals surface area (Å²) in [5, 5.41) is 11.7. The molecule has 0 aliphatic heterocycles. The van der Waals surface area contributed by atoms with Crippen LogP contribution in [0.4, 0.5) is 5.69 Å². The van der Waals surface area contributed by atoms with Crippen molar-refractivity contribution in [2.45, 2.75) is 13.5 Å². The van der Waals surface area contributed by atoms with Gasteiger partial charge in [0.2, 0.25) is 0 Å². The summed E-state index contributed by atoms with van der Waals surface area (Å²) in [6.07, 6.45) is 3.25. The van der Waals surface area contributed by atoms with Gasteiger partial charge in [-0.1, -0.05) is 23.7 Å². The maximum Gasteiger partial charge on any atom is 0.356 e. The van der Waals surface area contributed by atoms with Gasteiger partial charge in [0.15, 0.2) is 5.69 Å². The highest BCUT2D eigenvalue weighted by atomic mass is 35.5. The summed E-state index contributed by atoms with van der Waals surface area (Å²) in [6, 6.07) is 8.84. The predicted molar refractivity (Wildman–Crippen MR) is 99.9 cm³/mol. The molecule has 0 saturated carbocycles. The topological polar surface area (TPSA) is 91.0 Å². The molecule has 1 amide bonds. The molecule has 9 heteroatoms. The van der Waals surface area contributed by atoms with Crippen molar-refractivity contribution in [2.75, 3.05) is 11.9 Å². The molecule has 3 rings (SSSR count). The van der Waals surface area contributed by atoms with Crippen LogP contribution < -0.4 is 5.32 Å². The fourth-order valence-electron chi connectivity index (χ4n) is 2.46. The van der Waals surface area contributed by atoms with Crippen LogP contribution >= 0.6 is 11.6 Å². The van der Waals surface area contributed by atoms with Gasteiger partial charge in [0.25, 0.3) is 5.91 Å². The number of aryl methyl sites for hydroxylation is 1. The van der Waals surface area contributed by atoms with Crippen LogP contribution in [0.25, 0.3) is 0 Å². The van der Waals surface area contributed by atoms with Crippen molar-refractivity contribution >= 4 is 29.2 Å². The molecule has 0 radical (unpaired) electrons. The lowest BCUT2D eigenvalue weighted by atomic mass is 10.2. The highest BCUT2D eigenvalue weighted by Gasteiger charge is 2.18. The minimum absolute atomic E-state index is 0.117. The summed E-state index contributed by atoms with van der Waals surface area (Å²) < 4.78 is 7.95. The molecule has 2 aromatic heterocycles. The summed E-state index contributed by atoms with van der Waals surface area (Å²) in [5.74, 6) is -0.963. The average molecular weight is 388 g/mol. The molecule has 0 saturated heterocycles. The molecule has 0 spiro atoms. The number of benzene rings is 1. The summed E-state index contributed by atoms with van der Waals surface area (Å²) in [4.78, 5) is 24.2. The zero-order chi connectivity index (χ0) is 19.4. The first-order chi connectivity index (χ1) is 13.0. The van der Waals surface area contributed by atoms with Gasteiger partial charge < -0.3 is 10.1 Å². The maximum atomic E-state index is 12.4. The zero-order valence-corrected chi connectivity index (χ0v) is 15.6. The van der Waals surface area contributed by atoms with E-state index in [0.717, 1.165) is 5.56 Å². The van der Waals surface area contributed by atoms with Crippen LogP contribution in [0, 0.1) is 0 Å². The Labute approximate surface area is 160 Å². The molecule has 27 heavy (non-hydrogen) atoms. The van der Waals surface area contributed by atoms with Gasteiger partial charge in [-0.2, -0.15) is 10.2 Å². The molecule has 3 aromatic rings. The van der Waals surface area contributed by atoms with E-state index in [1.54, 1.807) is 31.0 Å². The van der Waals surface area contributed by atoms with Gasteiger partial charge >= 0.3 is 5.97 Å². The monoisotopic (exact) mass is 387 g/mol. The molecule has 140 valence electrons. The number of rotatable bonds is 6. The second kappa shape index (κ2) is 8.05. The van der Waals surface area contributed by atoms with E-state index in [0.29, 0.717) is 17.3 Å². The molecule has 0 bridgehead atoms. The molecular formula is C18H18ClN5O3. The lowest BCUT2D eigenvalue weighted by molar-refractivity contribution is 0.0513. The first-order valence-electron chi connectivity index (χ1n) is 8.25. The number of esters is 1. The van der Waals surface area contributed by atoms with E-state index < -0.39 is 11.9 Å². The average Bonchev–Trinajstić information content (AvgIpc) is 3.23. The van der Waals surface area contributed by atoms with Gasteiger partial charge in [-0.3, -0.25) is 14.2 Å². The van der Waals surface area contributed by atoms with Gasteiger partial charge in [-0.05, 0) is 24.6 Å². The SMILES string of the molecule is CCOC(=O)c1cc(C(=O)Nc2cnn(Cc3ccc(Cl)cc3)c2)nn1C. The Hall–Kier alpha value is -3.13. The number of hydrogen-bond donors (Lipinski definition) is 1. The smallest absolute Gasteiger partial charge is 0.356 e. The van der Waals surface area contributed by atoms with Gasteiger partial charge in [0.1, 0.15) is 5.69 Å². The Morgan fingerprint density at radius 3 is 2.70 bits per heavy atom. The summed E-state index contributed by atoms with van der Waals surface area (Å²) in [7, 11) is 1.58. The van der Waals surface area contributed by atoms with Crippen LogP contribution in [0.5, 0.6) is 0 Å². The maximum absolute atomic E-state index is 12.4. The summed E-state index contributed by atoms with van der Waals surface area (Å²) >= 11 is 5.88. The fraction of sp³-hybridized carbons (Fsp3) is 0.222. The van der Waals surface area contributed by atoms with Gasteiger partial charge in [0, 0.05) is 24.3 Å². The lowest BCUT2D eigenvalue weighted by Crippen LogP contribution is -2.12. The zero-order valence-electron chi connectivity index (χ0n) is 14.8. The first kappa shape index (κ1) is 18.7. The standard InChI is InChI=1S/C18H18ClN5O3/c1-3-27-18(26)16-8-15(22-23(16)2)17(25)21-14-9-20-24(11-14)10-12-4-6-13(19)7-5-12/h4-9,11H,3,10H2,1-2H3,(H,21,25). The summed E-state index contributed by atoms with van der Waals surface area (Å²) in [5.41, 5.74) is 1.88. The van der Waals surface area contributed by atoms with Gasteiger partial charge in [-0.25, -0.2) is 4.79 Å². The number of anilines is 1. The third-order valence-electron chi connectivity index (χ3n) is 3.75. The molecule has 0 atom stereocenters. The Bertz CT molecular complexity index is 962. The lowest BCUT2D eigenvalue weighted by Gasteiger charge is -2.02. The third kappa shape index (κ3) is 4.53. The molecule has 1 N–H and O–H groups in total. The molecule has 0 aliphatic rings. The number of ether oxygens (including phenoxy) is 1. The minimum atomic E-state index is -0.526. The third-order valence-corrected chi connectivity index (χ3v) is 4.00. The highest BCUT2D eigenvalue weighted by Crippen LogP contribution is 2.13. The Kier molecular flexibility index (Phi) is 5.56. The normalized spacial score (nSPS) is 10.6. The molecule has 0 unspecified atom stereocenters. The first-order valence-corrected chi connectivity index (χ1v) is 8.63. The molecule has 0 aliphatic carbocycles. The van der Waals surface area contributed by atoms with Crippen molar-refractivity contribution in [1.82, 2.24) is 19.6 Å². The van der Waals surface area contributed by atoms with Gasteiger partial charge in [-0.15, -0.1) is 0 Å². The van der Waals surface area contributed by atoms with Crippen LogP contribution in [0.1, 0.15) is 33.5 Å². The van der Waals surface area contributed by atoms with E-state index in [9.17, 15) is 9.59 Å². The molecule has 1 aromatic carbocycles. The van der Waals surface area contributed by atoms with Crippen LogP contribution in [0.2, 0.25) is 5.02 Å². The second-order valence-corrected chi connectivity index (χ2v) is 6.20. The number of aromatic nitrogens is 4. The number of carbonyl (C=O) groups is 2. The van der Waals surface area contributed by atoms with Crippen LogP contribution in [0.3, 0.4) is 0 Å². The number of nitrogens with one attached hydrogen (secondary N) is 1. The van der Waals surface area contributed by atoms with Crippen molar-refractivity contribution in [2.24, 2.45) is 7.05 Å². The Morgan fingerprint density at radius 2 is 2.00 bits per heavy atom. The molecule has 2 heterocycles. The van der Waals surface area contributed by atoms with E-state index in [4.69, 9.17) is 16.3 Å². The van der Waals surface area contributed by atoms with E-state index in [1.165, 1.54) is 10.7 Å². The number of amides is 1.